The highest BCUT2D eigenvalue weighted by Crippen LogP contribution is 2.26. The summed E-state index contributed by atoms with van der Waals surface area (Å²) in [6, 6.07) is 7.68. The van der Waals surface area contributed by atoms with Gasteiger partial charge in [0.25, 0.3) is 0 Å². The van der Waals surface area contributed by atoms with Crippen LogP contribution in [-0.4, -0.2) is 38.7 Å². The number of hydrogen-bond acceptors (Lipinski definition) is 4. The summed E-state index contributed by atoms with van der Waals surface area (Å²) in [6.45, 7) is 3.94. The lowest BCUT2D eigenvalue weighted by Gasteiger charge is -2.16. The van der Waals surface area contributed by atoms with E-state index in [2.05, 4.69) is 12.2 Å². The van der Waals surface area contributed by atoms with Crippen LogP contribution in [0.1, 0.15) is 23.7 Å². The minimum atomic E-state index is 0.0483. The molecule has 4 nitrogen and oxygen atoms in total. The van der Waals surface area contributed by atoms with Gasteiger partial charge in [-0.2, -0.15) is 0 Å². The van der Waals surface area contributed by atoms with Crippen LogP contribution in [0.25, 0.3) is 0 Å². The van der Waals surface area contributed by atoms with Gasteiger partial charge in [-0.1, -0.05) is 12.1 Å². The van der Waals surface area contributed by atoms with Crippen molar-refractivity contribution in [3.8, 4) is 5.75 Å². The zero-order valence-corrected chi connectivity index (χ0v) is 11.5. The number of para-hydroxylation sites is 1. The van der Waals surface area contributed by atoms with Crippen LogP contribution in [0.2, 0.25) is 0 Å². The number of hydrogen-bond donors (Lipinski definition) is 1. The maximum Gasteiger partial charge on any atom is 0.171 e. The molecular weight excluding hydrogens is 242 g/mol. The third-order valence-electron chi connectivity index (χ3n) is 3.56. The molecule has 0 aliphatic carbocycles. The summed E-state index contributed by atoms with van der Waals surface area (Å²) in [5.74, 6) is 0.876. The number of ether oxygens (including phenoxy) is 2. The third-order valence-corrected chi connectivity index (χ3v) is 3.56. The molecule has 19 heavy (non-hydrogen) atoms. The summed E-state index contributed by atoms with van der Waals surface area (Å²) in [5, 5.41) is 3.31. The maximum atomic E-state index is 12.6. The Morgan fingerprint density at radius 1 is 1.37 bits per heavy atom. The van der Waals surface area contributed by atoms with Crippen molar-refractivity contribution in [3.63, 3.8) is 0 Å². The van der Waals surface area contributed by atoms with Gasteiger partial charge in [0.05, 0.1) is 12.2 Å². The Bertz CT molecular complexity index is 433. The molecule has 1 aromatic carbocycles. The standard InChI is InChI=1S/C15H21NO3/c1-11-12(7-8-16-11)15(17)13-5-3-4-6-14(13)19-10-9-18-2/h3-6,11-12,16H,7-10H2,1-2H3. The maximum absolute atomic E-state index is 12.6. The fraction of sp³-hybridized carbons (Fsp3) is 0.533. The first-order chi connectivity index (χ1) is 9.24. The molecule has 0 amide bonds. The molecule has 0 radical (unpaired) electrons. The fourth-order valence-electron chi connectivity index (χ4n) is 2.45. The number of nitrogens with one attached hydrogen (secondary N) is 1. The van der Waals surface area contributed by atoms with E-state index in [-0.39, 0.29) is 17.7 Å². The van der Waals surface area contributed by atoms with Crippen molar-refractivity contribution < 1.29 is 14.3 Å². The fourth-order valence-corrected chi connectivity index (χ4v) is 2.45. The summed E-state index contributed by atoms with van der Waals surface area (Å²) < 4.78 is 10.6. The van der Waals surface area contributed by atoms with Crippen LogP contribution in [0.5, 0.6) is 5.75 Å². The summed E-state index contributed by atoms with van der Waals surface area (Å²) >= 11 is 0. The second kappa shape index (κ2) is 6.68. The van der Waals surface area contributed by atoms with Crippen molar-refractivity contribution in [2.45, 2.75) is 19.4 Å². The van der Waals surface area contributed by atoms with E-state index in [4.69, 9.17) is 9.47 Å². The average molecular weight is 263 g/mol. The van der Waals surface area contributed by atoms with Crippen molar-refractivity contribution in [2.75, 3.05) is 26.9 Å². The Morgan fingerprint density at radius 2 is 2.16 bits per heavy atom. The van der Waals surface area contributed by atoms with E-state index in [9.17, 15) is 4.79 Å². The molecule has 2 unspecified atom stereocenters. The molecule has 1 saturated heterocycles. The predicted octanol–water partition coefficient (Wildman–Crippen LogP) is 1.89. The van der Waals surface area contributed by atoms with E-state index in [1.807, 2.05) is 24.3 Å². The van der Waals surface area contributed by atoms with Gasteiger partial charge >= 0.3 is 0 Å². The number of rotatable bonds is 6. The normalized spacial score (nSPS) is 22.4. The molecule has 0 aromatic heterocycles. The van der Waals surface area contributed by atoms with Crippen LogP contribution in [0.3, 0.4) is 0 Å². The molecule has 1 heterocycles. The highest BCUT2D eigenvalue weighted by molar-refractivity contribution is 6.00. The van der Waals surface area contributed by atoms with E-state index in [0.29, 0.717) is 24.5 Å². The first kappa shape index (κ1) is 14.0. The molecule has 2 atom stereocenters. The van der Waals surface area contributed by atoms with Crippen molar-refractivity contribution in [1.29, 1.82) is 0 Å². The van der Waals surface area contributed by atoms with Crippen molar-refractivity contribution >= 4 is 5.78 Å². The summed E-state index contributed by atoms with van der Waals surface area (Å²) in [6.07, 6.45) is 0.895. The number of methoxy groups -OCH3 is 1. The minimum Gasteiger partial charge on any atom is -0.490 e. The molecule has 1 N–H and O–H groups in total. The van der Waals surface area contributed by atoms with E-state index < -0.39 is 0 Å². The Morgan fingerprint density at radius 3 is 2.84 bits per heavy atom. The summed E-state index contributed by atoms with van der Waals surface area (Å²) in [5.41, 5.74) is 0.680. The van der Waals surface area contributed by atoms with E-state index in [1.165, 1.54) is 0 Å². The molecule has 0 bridgehead atoms. The Hall–Kier alpha value is -1.39. The SMILES string of the molecule is COCCOc1ccccc1C(=O)C1CCNC1C. The van der Waals surface area contributed by atoms with Gasteiger partial charge in [-0.25, -0.2) is 0 Å². The van der Waals surface area contributed by atoms with Gasteiger partial charge in [0.2, 0.25) is 0 Å². The molecule has 1 aliphatic rings. The van der Waals surface area contributed by atoms with Crippen molar-refractivity contribution in [3.05, 3.63) is 29.8 Å². The number of ketones is 1. The van der Waals surface area contributed by atoms with Crippen LogP contribution >= 0.6 is 0 Å². The summed E-state index contributed by atoms with van der Waals surface area (Å²) in [4.78, 5) is 12.6. The van der Waals surface area contributed by atoms with E-state index in [0.717, 1.165) is 13.0 Å². The van der Waals surface area contributed by atoms with Gasteiger partial charge in [-0.15, -0.1) is 0 Å². The van der Waals surface area contributed by atoms with Crippen molar-refractivity contribution in [1.82, 2.24) is 5.32 Å². The second-order valence-electron chi connectivity index (χ2n) is 4.84. The first-order valence-electron chi connectivity index (χ1n) is 6.72. The largest absolute Gasteiger partial charge is 0.490 e. The van der Waals surface area contributed by atoms with Crippen LogP contribution < -0.4 is 10.1 Å². The molecular formula is C15H21NO3. The Balaban J connectivity index is 2.12. The van der Waals surface area contributed by atoms with Crippen LogP contribution in [0.15, 0.2) is 24.3 Å². The average Bonchev–Trinajstić information content (AvgIpc) is 2.85. The molecule has 1 aromatic rings. The van der Waals surface area contributed by atoms with Gasteiger partial charge in [-0.05, 0) is 32.0 Å². The minimum absolute atomic E-state index is 0.0483. The molecule has 104 valence electrons. The topological polar surface area (TPSA) is 47.6 Å². The molecule has 0 spiro atoms. The smallest absolute Gasteiger partial charge is 0.171 e. The van der Waals surface area contributed by atoms with Crippen LogP contribution in [0, 0.1) is 5.92 Å². The number of carbonyl (C=O) groups excluding carboxylic acids is 1. The third kappa shape index (κ3) is 3.33. The quantitative estimate of drug-likeness (QED) is 0.629. The zero-order chi connectivity index (χ0) is 13.7. The second-order valence-corrected chi connectivity index (χ2v) is 4.84. The summed E-state index contributed by atoms with van der Waals surface area (Å²) in [7, 11) is 1.63. The highest BCUT2D eigenvalue weighted by Gasteiger charge is 2.31. The molecule has 0 saturated carbocycles. The van der Waals surface area contributed by atoms with Gasteiger partial charge in [-0.3, -0.25) is 4.79 Å². The monoisotopic (exact) mass is 263 g/mol. The highest BCUT2D eigenvalue weighted by atomic mass is 16.5. The Labute approximate surface area is 114 Å². The van der Waals surface area contributed by atoms with Gasteiger partial charge < -0.3 is 14.8 Å². The first-order valence-corrected chi connectivity index (χ1v) is 6.72. The predicted molar refractivity (Wildman–Crippen MR) is 73.7 cm³/mol. The van der Waals surface area contributed by atoms with Crippen molar-refractivity contribution in [2.24, 2.45) is 5.92 Å². The number of benzene rings is 1. The lowest BCUT2D eigenvalue weighted by atomic mass is 9.91. The van der Waals surface area contributed by atoms with Crippen LogP contribution in [0.4, 0.5) is 0 Å². The number of Topliss-reactive ketones (excluding diaryl/α,β-unsaturated/α-hetero) is 1. The van der Waals surface area contributed by atoms with E-state index >= 15 is 0 Å². The Kier molecular flexibility index (Phi) is 4.93. The molecule has 2 rings (SSSR count). The number of carbonyl (C=O) groups is 1. The lowest BCUT2D eigenvalue weighted by molar-refractivity contribution is 0.0906. The lowest BCUT2D eigenvalue weighted by Crippen LogP contribution is -2.28. The van der Waals surface area contributed by atoms with Gasteiger partial charge in [0.15, 0.2) is 5.78 Å². The molecule has 4 heteroatoms. The van der Waals surface area contributed by atoms with E-state index in [1.54, 1.807) is 7.11 Å². The van der Waals surface area contributed by atoms with Gasteiger partial charge in [0, 0.05) is 19.1 Å². The van der Waals surface area contributed by atoms with Gasteiger partial charge in [0.1, 0.15) is 12.4 Å². The van der Waals surface area contributed by atoms with Crippen LogP contribution in [-0.2, 0) is 4.74 Å². The molecule has 1 fully saturated rings. The zero-order valence-electron chi connectivity index (χ0n) is 11.5. The molecule has 1 aliphatic heterocycles.